The Morgan fingerprint density at radius 1 is 1.32 bits per heavy atom. The summed E-state index contributed by atoms with van der Waals surface area (Å²) in [7, 11) is 1.54. The van der Waals surface area contributed by atoms with E-state index in [1.165, 1.54) is 18.2 Å². The predicted molar refractivity (Wildman–Crippen MR) is 90.8 cm³/mol. The molecule has 0 saturated heterocycles. The molecule has 25 heavy (non-hydrogen) atoms. The molecule has 134 valence electrons. The highest BCUT2D eigenvalue weighted by Crippen LogP contribution is 2.22. The number of ether oxygens (including phenoxy) is 1. The van der Waals surface area contributed by atoms with Crippen LogP contribution < -0.4 is 0 Å². The van der Waals surface area contributed by atoms with Crippen LogP contribution >= 0.6 is 0 Å². The van der Waals surface area contributed by atoms with E-state index in [0.717, 1.165) is 0 Å². The fourth-order valence-electron chi connectivity index (χ4n) is 2.66. The average Bonchev–Trinajstić information content (AvgIpc) is 3.21. The number of likely N-dealkylation sites (N-methyl/N-ethyl adjacent to an activating group) is 1. The van der Waals surface area contributed by atoms with Gasteiger partial charge in [0.05, 0.1) is 18.9 Å². The van der Waals surface area contributed by atoms with Gasteiger partial charge in [0.1, 0.15) is 5.69 Å². The van der Waals surface area contributed by atoms with Gasteiger partial charge in [0.25, 0.3) is 5.91 Å². The van der Waals surface area contributed by atoms with Crippen LogP contribution in [0.15, 0.2) is 22.8 Å². The molecule has 2 heterocycles. The first kappa shape index (κ1) is 18.5. The highest BCUT2D eigenvalue weighted by atomic mass is 16.5. The van der Waals surface area contributed by atoms with Gasteiger partial charge in [-0.05, 0) is 45.4 Å². The molecule has 2 aromatic heterocycles. The quantitative estimate of drug-likeness (QED) is 0.641. The van der Waals surface area contributed by atoms with Crippen LogP contribution in [-0.4, -0.2) is 47.2 Å². The second kappa shape index (κ2) is 7.38. The normalized spacial score (nSPS) is 11.9. The molecule has 0 bridgehead atoms. The van der Waals surface area contributed by atoms with Crippen LogP contribution in [0, 0.1) is 13.8 Å². The monoisotopic (exact) mass is 346 g/mol. The van der Waals surface area contributed by atoms with Crippen molar-refractivity contribution >= 4 is 17.7 Å². The van der Waals surface area contributed by atoms with E-state index in [1.54, 1.807) is 39.8 Å². The number of aryl methyl sites for hydroxylation is 1. The maximum atomic E-state index is 12.9. The van der Waals surface area contributed by atoms with Crippen molar-refractivity contribution in [1.29, 1.82) is 0 Å². The standard InChI is InChI=1S/C18H22N2O5/c1-6-24-18(23)15-10(2)14(11(3)19-15)16(21)12(4)20(5)17(22)13-8-7-9-25-13/h7-9,12,19H,6H2,1-5H3. The number of carbonyl (C=O) groups is 3. The Labute approximate surface area is 145 Å². The molecule has 1 unspecified atom stereocenters. The van der Waals surface area contributed by atoms with E-state index in [9.17, 15) is 14.4 Å². The molecule has 0 aliphatic carbocycles. The second-order valence-corrected chi connectivity index (χ2v) is 5.78. The lowest BCUT2D eigenvalue weighted by molar-refractivity contribution is 0.0519. The number of nitrogens with one attached hydrogen (secondary N) is 1. The van der Waals surface area contributed by atoms with Crippen LogP contribution in [0.4, 0.5) is 0 Å². The summed E-state index contributed by atoms with van der Waals surface area (Å²) in [6.07, 6.45) is 1.40. The number of nitrogens with zero attached hydrogens (tertiary/aromatic N) is 1. The Kier molecular flexibility index (Phi) is 5.46. The summed E-state index contributed by atoms with van der Waals surface area (Å²) in [5.74, 6) is -0.988. The number of carbonyl (C=O) groups excluding carboxylic acids is 3. The maximum absolute atomic E-state index is 12.9. The van der Waals surface area contributed by atoms with Gasteiger partial charge in [0.2, 0.25) is 0 Å². The molecule has 0 aromatic carbocycles. The summed E-state index contributed by atoms with van der Waals surface area (Å²) in [4.78, 5) is 41.5. The van der Waals surface area contributed by atoms with Gasteiger partial charge in [-0.3, -0.25) is 9.59 Å². The minimum atomic E-state index is -0.721. The summed E-state index contributed by atoms with van der Waals surface area (Å²) < 4.78 is 10.1. The largest absolute Gasteiger partial charge is 0.461 e. The Balaban J connectivity index is 2.28. The minimum Gasteiger partial charge on any atom is -0.461 e. The Hall–Kier alpha value is -2.83. The van der Waals surface area contributed by atoms with Crippen molar-refractivity contribution in [2.45, 2.75) is 33.7 Å². The molecule has 1 atom stereocenters. The molecular formula is C18H22N2O5. The van der Waals surface area contributed by atoms with Gasteiger partial charge in [-0.2, -0.15) is 0 Å². The van der Waals surface area contributed by atoms with Crippen molar-refractivity contribution in [3.63, 3.8) is 0 Å². The number of esters is 1. The third-order valence-electron chi connectivity index (χ3n) is 4.18. The first-order valence-electron chi connectivity index (χ1n) is 8.00. The number of aromatic nitrogens is 1. The molecule has 0 aliphatic heterocycles. The molecule has 2 rings (SSSR count). The Morgan fingerprint density at radius 2 is 2.00 bits per heavy atom. The van der Waals surface area contributed by atoms with E-state index in [2.05, 4.69) is 4.98 Å². The third-order valence-corrected chi connectivity index (χ3v) is 4.18. The SMILES string of the molecule is CCOC(=O)c1[nH]c(C)c(C(=O)C(C)N(C)C(=O)c2ccco2)c1C. The van der Waals surface area contributed by atoms with Crippen molar-refractivity contribution < 1.29 is 23.5 Å². The highest BCUT2D eigenvalue weighted by Gasteiger charge is 2.30. The van der Waals surface area contributed by atoms with E-state index in [0.29, 0.717) is 16.8 Å². The molecule has 7 heteroatoms. The van der Waals surface area contributed by atoms with E-state index in [4.69, 9.17) is 9.15 Å². The predicted octanol–water partition coefficient (Wildman–Crippen LogP) is 2.74. The van der Waals surface area contributed by atoms with Gasteiger partial charge >= 0.3 is 5.97 Å². The van der Waals surface area contributed by atoms with Crippen LogP contribution in [-0.2, 0) is 4.74 Å². The van der Waals surface area contributed by atoms with Crippen LogP contribution in [0.5, 0.6) is 0 Å². The average molecular weight is 346 g/mol. The molecule has 0 saturated carbocycles. The zero-order chi connectivity index (χ0) is 18.7. The highest BCUT2D eigenvalue weighted by molar-refractivity contribution is 6.07. The topological polar surface area (TPSA) is 92.6 Å². The number of amides is 1. The van der Waals surface area contributed by atoms with Crippen LogP contribution in [0.1, 0.15) is 56.5 Å². The Morgan fingerprint density at radius 3 is 2.56 bits per heavy atom. The zero-order valence-electron chi connectivity index (χ0n) is 15.0. The third kappa shape index (κ3) is 3.50. The number of ketones is 1. The van der Waals surface area contributed by atoms with Crippen molar-refractivity contribution in [3.8, 4) is 0 Å². The van der Waals surface area contributed by atoms with Crippen LogP contribution in [0.2, 0.25) is 0 Å². The van der Waals surface area contributed by atoms with Crippen molar-refractivity contribution in [3.05, 3.63) is 46.7 Å². The maximum Gasteiger partial charge on any atom is 0.355 e. The van der Waals surface area contributed by atoms with Gasteiger partial charge < -0.3 is 19.0 Å². The molecule has 0 aliphatic rings. The molecule has 0 radical (unpaired) electrons. The van der Waals surface area contributed by atoms with Crippen LogP contribution in [0.3, 0.4) is 0 Å². The molecular weight excluding hydrogens is 324 g/mol. The molecule has 1 amide bonds. The smallest absolute Gasteiger partial charge is 0.355 e. The van der Waals surface area contributed by atoms with Gasteiger partial charge in [0, 0.05) is 18.3 Å². The summed E-state index contributed by atoms with van der Waals surface area (Å²) >= 11 is 0. The van der Waals surface area contributed by atoms with Crippen molar-refractivity contribution in [2.75, 3.05) is 13.7 Å². The van der Waals surface area contributed by atoms with E-state index in [-0.39, 0.29) is 29.8 Å². The lowest BCUT2D eigenvalue weighted by Crippen LogP contribution is -2.40. The van der Waals surface area contributed by atoms with Gasteiger partial charge in [-0.15, -0.1) is 0 Å². The van der Waals surface area contributed by atoms with Gasteiger partial charge in [-0.25, -0.2) is 4.79 Å². The lowest BCUT2D eigenvalue weighted by Gasteiger charge is -2.23. The van der Waals surface area contributed by atoms with Crippen molar-refractivity contribution in [1.82, 2.24) is 9.88 Å². The number of aromatic amines is 1. The number of Topliss-reactive ketones (excluding diaryl/α,β-unsaturated/α-hetero) is 1. The van der Waals surface area contributed by atoms with Gasteiger partial charge in [0.15, 0.2) is 11.5 Å². The lowest BCUT2D eigenvalue weighted by atomic mass is 10.00. The minimum absolute atomic E-state index is 0.164. The number of rotatable bonds is 6. The molecule has 0 fully saturated rings. The number of hydrogen-bond donors (Lipinski definition) is 1. The summed E-state index contributed by atoms with van der Waals surface area (Å²) in [6.45, 7) is 7.00. The van der Waals surface area contributed by atoms with Crippen LogP contribution in [0.25, 0.3) is 0 Å². The Bertz CT molecular complexity index is 789. The first-order chi connectivity index (χ1) is 11.8. The molecule has 0 spiro atoms. The number of H-pyrrole nitrogens is 1. The fraction of sp³-hybridized carbons (Fsp3) is 0.389. The zero-order valence-corrected chi connectivity index (χ0v) is 15.0. The summed E-state index contributed by atoms with van der Waals surface area (Å²) in [5.41, 5.74) is 1.74. The molecule has 7 nitrogen and oxygen atoms in total. The van der Waals surface area contributed by atoms with Gasteiger partial charge in [-0.1, -0.05) is 0 Å². The molecule has 2 aromatic rings. The first-order valence-corrected chi connectivity index (χ1v) is 8.00. The second-order valence-electron chi connectivity index (χ2n) is 5.78. The summed E-state index contributed by atoms with van der Waals surface area (Å²) in [6, 6.07) is 2.43. The van der Waals surface area contributed by atoms with E-state index in [1.807, 2.05) is 0 Å². The van der Waals surface area contributed by atoms with Crippen molar-refractivity contribution in [2.24, 2.45) is 0 Å². The fourth-order valence-corrected chi connectivity index (χ4v) is 2.66. The van der Waals surface area contributed by atoms with E-state index >= 15 is 0 Å². The summed E-state index contributed by atoms with van der Waals surface area (Å²) in [5, 5.41) is 0. The molecule has 1 N–H and O–H groups in total. The number of furan rings is 1. The number of hydrogen-bond acceptors (Lipinski definition) is 5. The van der Waals surface area contributed by atoms with E-state index < -0.39 is 12.0 Å².